The summed E-state index contributed by atoms with van der Waals surface area (Å²) in [6.07, 6.45) is 4.23. The lowest BCUT2D eigenvalue weighted by Gasteiger charge is -2.43. The highest BCUT2D eigenvalue weighted by Crippen LogP contribution is 2.39. The van der Waals surface area contributed by atoms with Gasteiger partial charge in [0.05, 0.1) is 12.6 Å². The maximum atomic E-state index is 5.99. The molecule has 4 heterocycles. The van der Waals surface area contributed by atoms with Crippen molar-refractivity contribution in [3.63, 3.8) is 0 Å². The van der Waals surface area contributed by atoms with E-state index in [9.17, 15) is 0 Å². The molecule has 3 atom stereocenters. The van der Waals surface area contributed by atoms with Gasteiger partial charge in [0, 0.05) is 43.1 Å². The van der Waals surface area contributed by atoms with Gasteiger partial charge in [0.15, 0.2) is 5.82 Å². The number of hydrogen-bond donors (Lipinski definition) is 0. The quantitative estimate of drug-likeness (QED) is 0.864. The average Bonchev–Trinajstić information content (AvgIpc) is 3.18. The largest absolute Gasteiger partial charge is 0.378 e. The lowest BCUT2D eigenvalue weighted by atomic mass is 9.79. The molecule has 0 aliphatic carbocycles. The Morgan fingerprint density at radius 3 is 3.14 bits per heavy atom. The van der Waals surface area contributed by atoms with Crippen molar-refractivity contribution in [3.8, 4) is 0 Å². The third kappa shape index (κ3) is 2.80. The molecule has 2 fully saturated rings. The van der Waals surface area contributed by atoms with Crippen LogP contribution in [0.1, 0.15) is 35.5 Å². The molecule has 0 bridgehead atoms. The van der Waals surface area contributed by atoms with Crippen LogP contribution in [0.4, 0.5) is 0 Å². The highest BCUT2D eigenvalue weighted by atomic mass is 32.1. The Balaban J connectivity index is 1.50. The maximum absolute atomic E-state index is 5.99. The molecular formula is C15H20N4O2S. The van der Waals surface area contributed by atoms with Gasteiger partial charge in [0.25, 0.3) is 0 Å². The van der Waals surface area contributed by atoms with Gasteiger partial charge in [-0.2, -0.15) is 4.98 Å². The number of fused-ring (bicyclic) bond motifs is 1. The predicted octanol–water partition coefficient (Wildman–Crippen LogP) is 2.23. The molecule has 0 N–H and O–H groups in total. The molecule has 2 saturated heterocycles. The van der Waals surface area contributed by atoms with Crippen molar-refractivity contribution in [2.24, 2.45) is 5.92 Å². The van der Waals surface area contributed by atoms with E-state index in [2.05, 4.69) is 20.0 Å². The summed E-state index contributed by atoms with van der Waals surface area (Å²) in [5.74, 6) is 2.25. The van der Waals surface area contributed by atoms with Gasteiger partial charge >= 0.3 is 0 Å². The zero-order valence-electron chi connectivity index (χ0n) is 12.6. The molecule has 7 heteroatoms. The van der Waals surface area contributed by atoms with Gasteiger partial charge < -0.3 is 9.26 Å². The van der Waals surface area contributed by atoms with E-state index >= 15 is 0 Å². The van der Waals surface area contributed by atoms with Gasteiger partial charge in [-0.3, -0.25) is 4.90 Å². The van der Waals surface area contributed by atoms with Gasteiger partial charge in [0.2, 0.25) is 5.89 Å². The summed E-state index contributed by atoms with van der Waals surface area (Å²) < 4.78 is 11.4. The zero-order chi connectivity index (χ0) is 14.9. The Morgan fingerprint density at radius 1 is 1.41 bits per heavy atom. The first-order chi connectivity index (χ1) is 10.8. The van der Waals surface area contributed by atoms with E-state index in [0.717, 1.165) is 45.0 Å². The fraction of sp³-hybridized carbons (Fsp3) is 0.667. The lowest BCUT2D eigenvalue weighted by molar-refractivity contribution is -0.0825. The smallest absolute Gasteiger partial charge is 0.230 e. The van der Waals surface area contributed by atoms with E-state index in [0.29, 0.717) is 23.8 Å². The number of rotatable bonds is 3. The van der Waals surface area contributed by atoms with Crippen molar-refractivity contribution in [2.45, 2.75) is 38.3 Å². The van der Waals surface area contributed by atoms with Crippen LogP contribution in [0.15, 0.2) is 16.1 Å². The van der Waals surface area contributed by atoms with E-state index in [1.165, 1.54) is 5.01 Å². The molecule has 4 rings (SSSR count). The third-order valence-corrected chi connectivity index (χ3v) is 5.42. The Kier molecular flexibility index (Phi) is 3.94. The van der Waals surface area contributed by atoms with Crippen LogP contribution in [0.25, 0.3) is 0 Å². The monoisotopic (exact) mass is 320 g/mol. The molecule has 0 saturated carbocycles. The summed E-state index contributed by atoms with van der Waals surface area (Å²) in [4.78, 5) is 11.3. The Morgan fingerprint density at radius 2 is 2.36 bits per heavy atom. The van der Waals surface area contributed by atoms with Crippen LogP contribution in [0.3, 0.4) is 0 Å². The standard InChI is InChI=1S/C15H20N4O2S/c1-10-17-15(21-18-10)11-3-6-20-13-2-5-19(8-12(11)13)9-14-16-4-7-22-14/h4,7,11-13H,2-3,5-6,8-9H2,1H3/t11-,12-,13-/m1/s1. The van der Waals surface area contributed by atoms with Crippen LogP contribution in [0.5, 0.6) is 0 Å². The van der Waals surface area contributed by atoms with Crippen LogP contribution < -0.4 is 0 Å². The fourth-order valence-corrected chi connectivity index (χ4v) is 4.28. The zero-order valence-corrected chi connectivity index (χ0v) is 13.5. The number of thiazole rings is 1. The highest BCUT2D eigenvalue weighted by Gasteiger charge is 2.41. The minimum absolute atomic E-state index is 0.318. The van der Waals surface area contributed by atoms with Crippen molar-refractivity contribution >= 4 is 11.3 Å². The molecule has 0 amide bonds. The van der Waals surface area contributed by atoms with Crippen molar-refractivity contribution < 1.29 is 9.26 Å². The van der Waals surface area contributed by atoms with E-state index < -0.39 is 0 Å². The second kappa shape index (κ2) is 6.06. The van der Waals surface area contributed by atoms with Crippen molar-refractivity contribution in [2.75, 3.05) is 19.7 Å². The van der Waals surface area contributed by atoms with Gasteiger partial charge in [-0.15, -0.1) is 11.3 Å². The predicted molar refractivity (Wildman–Crippen MR) is 81.6 cm³/mol. The number of piperidine rings is 1. The topological polar surface area (TPSA) is 64.3 Å². The average molecular weight is 320 g/mol. The Hall–Kier alpha value is -1.31. The minimum atomic E-state index is 0.318. The minimum Gasteiger partial charge on any atom is -0.378 e. The van der Waals surface area contributed by atoms with Crippen LogP contribution in [-0.2, 0) is 11.3 Å². The molecule has 2 aromatic rings. The Bertz CT molecular complexity index is 615. The SMILES string of the molecule is Cc1noc([C@@H]2CCO[C@@H]3CCN(Cc4nccs4)C[C@@H]32)n1. The summed E-state index contributed by atoms with van der Waals surface area (Å²) in [6.45, 7) is 5.67. The Labute approximate surface area is 133 Å². The molecular weight excluding hydrogens is 300 g/mol. The molecule has 0 spiro atoms. The van der Waals surface area contributed by atoms with Crippen molar-refractivity contribution in [3.05, 3.63) is 28.3 Å². The molecule has 0 unspecified atom stereocenters. The highest BCUT2D eigenvalue weighted by molar-refractivity contribution is 7.09. The number of ether oxygens (including phenoxy) is 1. The molecule has 0 aromatic carbocycles. The van der Waals surface area contributed by atoms with Crippen LogP contribution in [0, 0.1) is 12.8 Å². The van der Waals surface area contributed by atoms with Crippen molar-refractivity contribution in [1.82, 2.24) is 20.0 Å². The molecule has 2 aliphatic heterocycles. The second-order valence-corrected chi connectivity index (χ2v) is 7.08. The van der Waals surface area contributed by atoms with E-state index in [-0.39, 0.29) is 0 Å². The molecule has 118 valence electrons. The normalized spacial score (nSPS) is 29.4. The maximum Gasteiger partial charge on any atom is 0.230 e. The van der Waals surface area contributed by atoms with Gasteiger partial charge in [-0.1, -0.05) is 5.16 Å². The van der Waals surface area contributed by atoms with E-state index in [1.54, 1.807) is 11.3 Å². The molecule has 2 aromatic heterocycles. The second-order valence-electron chi connectivity index (χ2n) is 6.10. The first kappa shape index (κ1) is 14.3. The summed E-state index contributed by atoms with van der Waals surface area (Å²) in [7, 11) is 0. The van der Waals surface area contributed by atoms with Gasteiger partial charge in [-0.05, 0) is 19.8 Å². The summed E-state index contributed by atoms with van der Waals surface area (Å²) >= 11 is 1.72. The number of likely N-dealkylation sites (tertiary alicyclic amines) is 1. The molecule has 22 heavy (non-hydrogen) atoms. The first-order valence-corrected chi connectivity index (χ1v) is 8.70. The summed E-state index contributed by atoms with van der Waals surface area (Å²) in [5.41, 5.74) is 0. The third-order valence-electron chi connectivity index (χ3n) is 4.66. The lowest BCUT2D eigenvalue weighted by Crippen LogP contribution is -2.48. The van der Waals surface area contributed by atoms with Crippen LogP contribution in [0.2, 0.25) is 0 Å². The number of aromatic nitrogens is 3. The fourth-order valence-electron chi connectivity index (χ4n) is 3.62. The van der Waals surface area contributed by atoms with E-state index in [4.69, 9.17) is 9.26 Å². The summed E-state index contributed by atoms with van der Waals surface area (Å²) in [5, 5.41) is 7.18. The van der Waals surface area contributed by atoms with Gasteiger partial charge in [-0.25, -0.2) is 4.98 Å². The molecule has 0 radical (unpaired) electrons. The van der Waals surface area contributed by atoms with Crippen LogP contribution >= 0.6 is 11.3 Å². The van der Waals surface area contributed by atoms with E-state index in [1.807, 2.05) is 18.5 Å². The number of aryl methyl sites for hydroxylation is 1. The number of nitrogens with zero attached hydrogens (tertiary/aromatic N) is 4. The van der Waals surface area contributed by atoms with Crippen LogP contribution in [-0.4, -0.2) is 45.8 Å². The number of hydrogen-bond acceptors (Lipinski definition) is 7. The molecule has 2 aliphatic rings. The van der Waals surface area contributed by atoms with Gasteiger partial charge in [0.1, 0.15) is 5.01 Å². The molecule has 6 nitrogen and oxygen atoms in total. The van der Waals surface area contributed by atoms with Crippen molar-refractivity contribution in [1.29, 1.82) is 0 Å². The summed E-state index contributed by atoms with van der Waals surface area (Å²) in [6, 6.07) is 0. The first-order valence-electron chi connectivity index (χ1n) is 7.82.